The van der Waals surface area contributed by atoms with Crippen molar-refractivity contribution in [1.29, 1.82) is 0 Å². The Labute approximate surface area is 61.6 Å². The number of rotatable bonds is 3. The molecular weight excluding hydrogens is 128 g/mol. The lowest BCUT2D eigenvalue weighted by molar-refractivity contribution is -0.127. The van der Waals surface area contributed by atoms with E-state index >= 15 is 0 Å². The van der Waals surface area contributed by atoms with E-state index in [-0.39, 0.29) is 11.2 Å². The normalized spacial score (nSPS) is 11.1. The SMILES string of the molecule is CC(C)(C)C(=O)CCC=O. The summed E-state index contributed by atoms with van der Waals surface area (Å²) in [4.78, 5) is 20.9. The number of hydrogen-bond acceptors (Lipinski definition) is 2. The van der Waals surface area contributed by atoms with Crippen molar-refractivity contribution >= 4 is 12.1 Å². The van der Waals surface area contributed by atoms with Gasteiger partial charge in [-0.05, 0) is 0 Å². The number of carbonyl (C=O) groups is 2. The van der Waals surface area contributed by atoms with E-state index in [0.717, 1.165) is 6.29 Å². The van der Waals surface area contributed by atoms with Gasteiger partial charge < -0.3 is 4.79 Å². The van der Waals surface area contributed by atoms with Gasteiger partial charge in [0, 0.05) is 18.3 Å². The molecule has 0 aromatic heterocycles. The zero-order valence-electron chi connectivity index (χ0n) is 6.81. The Bertz CT molecular complexity index is 131. The first-order valence-electron chi connectivity index (χ1n) is 3.45. The van der Waals surface area contributed by atoms with E-state index in [4.69, 9.17) is 0 Å². The summed E-state index contributed by atoms with van der Waals surface area (Å²) in [6, 6.07) is 0. The average Bonchev–Trinajstić information content (AvgIpc) is 1.80. The molecule has 0 spiro atoms. The summed E-state index contributed by atoms with van der Waals surface area (Å²) in [6.07, 6.45) is 1.52. The van der Waals surface area contributed by atoms with E-state index in [2.05, 4.69) is 0 Å². The van der Waals surface area contributed by atoms with Gasteiger partial charge in [0.1, 0.15) is 12.1 Å². The Morgan fingerprint density at radius 2 is 1.90 bits per heavy atom. The van der Waals surface area contributed by atoms with Gasteiger partial charge in [0.2, 0.25) is 0 Å². The molecule has 2 nitrogen and oxygen atoms in total. The smallest absolute Gasteiger partial charge is 0.138 e. The van der Waals surface area contributed by atoms with Crippen LogP contribution in [0.1, 0.15) is 33.6 Å². The molecule has 0 atom stereocenters. The molecule has 0 aliphatic rings. The minimum absolute atomic E-state index is 0.152. The Morgan fingerprint density at radius 1 is 1.40 bits per heavy atom. The van der Waals surface area contributed by atoms with E-state index in [1.165, 1.54) is 0 Å². The number of hydrogen-bond donors (Lipinski definition) is 0. The average molecular weight is 142 g/mol. The monoisotopic (exact) mass is 142 g/mol. The van der Waals surface area contributed by atoms with E-state index in [1.54, 1.807) is 0 Å². The molecule has 0 amide bonds. The molecule has 0 N–H and O–H groups in total. The van der Waals surface area contributed by atoms with Crippen molar-refractivity contribution in [2.75, 3.05) is 0 Å². The first kappa shape index (κ1) is 9.34. The van der Waals surface area contributed by atoms with Crippen LogP contribution in [0.3, 0.4) is 0 Å². The van der Waals surface area contributed by atoms with Crippen molar-refractivity contribution in [1.82, 2.24) is 0 Å². The molecule has 0 saturated carbocycles. The summed E-state index contributed by atoms with van der Waals surface area (Å²) in [5, 5.41) is 0. The highest BCUT2D eigenvalue weighted by Crippen LogP contribution is 2.16. The summed E-state index contributed by atoms with van der Waals surface area (Å²) in [5.41, 5.74) is -0.289. The van der Waals surface area contributed by atoms with Crippen LogP contribution in [0.4, 0.5) is 0 Å². The topological polar surface area (TPSA) is 34.1 Å². The maximum absolute atomic E-state index is 11.1. The number of ketones is 1. The fourth-order valence-electron chi connectivity index (χ4n) is 0.565. The van der Waals surface area contributed by atoms with Crippen LogP contribution in [0.2, 0.25) is 0 Å². The molecule has 58 valence electrons. The summed E-state index contributed by atoms with van der Waals surface area (Å²) in [5.74, 6) is 0.152. The molecule has 0 aromatic carbocycles. The molecule has 0 aromatic rings. The molecule has 0 aliphatic carbocycles. The minimum atomic E-state index is -0.289. The van der Waals surface area contributed by atoms with Crippen molar-refractivity contribution in [3.63, 3.8) is 0 Å². The van der Waals surface area contributed by atoms with Crippen LogP contribution >= 0.6 is 0 Å². The van der Waals surface area contributed by atoms with Gasteiger partial charge in [0.05, 0.1) is 0 Å². The molecule has 0 rings (SSSR count). The predicted molar refractivity (Wildman–Crippen MR) is 39.8 cm³/mol. The molecular formula is C8H14O2. The van der Waals surface area contributed by atoms with Crippen LogP contribution in [0.5, 0.6) is 0 Å². The molecule has 0 aliphatic heterocycles. The summed E-state index contributed by atoms with van der Waals surface area (Å²) in [6.45, 7) is 5.58. The van der Waals surface area contributed by atoms with Crippen LogP contribution in [0.15, 0.2) is 0 Å². The molecule has 2 heteroatoms. The van der Waals surface area contributed by atoms with Gasteiger partial charge in [-0.25, -0.2) is 0 Å². The highest BCUT2D eigenvalue weighted by atomic mass is 16.1. The molecule has 10 heavy (non-hydrogen) atoms. The number of Topliss-reactive ketones (excluding diaryl/α,β-unsaturated/α-hetero) is 1. The minimum Gasteiger partial charge on any atom is -0.303 e. The second-order valence-electron chi connectivity index (χ2n) is 3.38. The summed E-state index contributed by atoms with van der Waals surface area (Å²) in [7, 11) is 0. The fourth-order valence-corrected chi connectivity index (χ4v) is 0.565. The quantitative estimate of drug-likeness (QED) is 0.560. The van der Waals surface area contributed by atoms with E-state index < -0.39 is 0 Å². The maximum Gasteiger partial charge on any atom is 0.138 e. The predicted octanol–water partition coefficient (Wildman–Crippen LogP) is 1.58. The van der Waals surface area contributed by atoms with Crippen LogP contribution in [0, 0.1) is 5.41 Å². The fraction of sp³-hybridized carbons (Fsp3) is 0.750. The van der Waals surface area contributed by atoms with Crippen molar-refractivity contribution < 1.29 is 9.59 Å². The van der Waals surface area contributed by atoms with Crippen LogP contribution < -0.4 is 0 Å². The zero-order chi connectivity index (χ0) is 8.20. The third-order valence-corrected chi connectivity index (χ3v) is 1.33. The molecule has 0 bridgehead atoms. The first-order chi connectivity index (χ1) is 4.48. The maximum atomic E-state index is 11.1. The van der Waals surface area contributed by atoms with Gasteiger partial charge in [0.25, 0.3) is 0 Å². The summed E-state index contributed by atoms with van der Waals surface area (Å²) < 4.78 is 0. The lowest BCUT2D eigenvalue weighted by atomic mass is 9.88. The zero-order valence-corrected chi connectivity index (χ0v) is 6.81. The molecule has 0 radical (unpaired) electrons. The first-order valence-corrected chi connectivity index (χ1v) is 3.45. The van der Waals surface area contributed by atoms with E-state index in [9.17, 15) is 9.59 Å². The highest BCUT2D eigenvalue weighted by molar-refractivity contribution is 5.85. The number of aldehydes is 1. The van der Waals surface area contributed by atoms with E-state index in [1.807, 2.05) is 20.8 Å². The van der Waals surface area contributed by atoms with Crippen LogP contribution in [-0.4, -0.2) is 12.1 Å². The van der Waals surface area contributed by atoms with Gasteiger partial charge >= 0.3 is 0 Å². The molecule has 0 heterocycles. The lowest BCUT2D eigenvalue weighted by Crippen LogP contribution is -2.19. The molecule has 0 fully saturated rings. The Morgan fingerprint density at radius 3 is 2.20 bits per heavy atom. The van der Waals surface area contributed by atoms with Crippen LogP contribution in [0.25, 0.3) is 0 Å². The van der Waals surface area contributed by atoms with Gasteiger partial charge in [-0.3, -0.25) is 4.79 Å². The summed E-state index contributed by atoms with van der Waals surface area (Å²) >= 11 is 0. The van der Waals surface area contributed by atoms with E-state index in [0.29, 0.717) is 12.8 Å². The molecule has 0 saturated heterocycles. The largest absolute Gasteiger partial charge is 0.303 e. The Kier molecular flexibility index (Phi) is 3.26. The van der Waals surface area contributed by atoms with Crippen molar-refractivity contribution in [2.45, 2.75) is 33.6 Å². The standard InChI is InChI=1S/C8H14O2/c1-8(2,3)7(10)5-4-6-9/h6H,4-5H2,1-3H3. The van der Waals surface area contributed by atoms with Gasteiger partial charge in [-0.2, -0.15) is 0 Å². The van der Waals surface area contributed by atoms with Crippen LogP contribution in [-0.2, 0) is 9.59 Å². The lowest BCUT2D eigenvalue weighted by Gasteiger charge is -2.14. The highest BCUT2D eigenvalue weighted by Gasteiger charge is 2.19. The Hall–Kier alpha value is -0.660. The van der Waals surface area contributed by atoms with Gasteiger partial charge in [0.15, 0.2) is 0 Å². The van der Waals surface area contributed by atoms with Gasteiger partial charge in [-0.1, -0.05) is 20.8 Å². The number of carbonyl (C=O) groups excluding carboxylic acids is 2. The third-order valence-electron chi connectivity index (χ3n) is 1.33. The second-order valence-corrected chi connectivity index (χ2v) is 3.38. The van der Waals surface area contributed by atoms with Crippen molar-refractivity contribution in [3.8, 4) is 0 Å². The third kappa shape index (κ3) is 3.38. The second kappa shape index (κ2) is 3.49. The van der Waals surface area contributed by atoms with Gasteiger partial charge in [-0.15, -0.1) is 0 Å². The molecule has 0 unspecified atom stereocenters. The van der Waals surface area contributed by atoms with Crippen molar-refractivity contribution in [2.24, 2.45) is 5.41 Å². The Balaban J connectivity index is 3.74. The van der Waals surface area contributed by atoms with Crippen molar-refractivity contribution in [3.05, 3.63) is 0 Å².